The number of nitrogens with one attached hydrogen (secondary N) is 1. The minimum atomic E-state index is -0.844. The predicted molar refractivity (Wildman–Crippen MR) is 92.3 cm³/mol. The molecule has 0 aliphatic heterocycles. The molecule has 0 spiro atoms. The molecular formula is C19H21NO5. The van der Waals surface area contributed by atoms with E-state index in [1.807, 2.05) is 18.2 Å². The number of esters is 1. The van der Waals surface area contributed by atoms with E-state index in [2.05, 4.69) is 5.32 Å². The van der Waals surface area contributed by atoms with E-state index in [1.165, 1.54) is 19.2 Å². The molecule has 0 fully saturated rings. The number of hydrogen-bond donors (Lipinski definition) is 2. The molecule has 1 amide bonds. The molecule has 2 rings (SSSR count). The number of hydrogen-bond acceptors (Lipinski definition) is 5. The van der Waals surface area contributed by atoms with Crippen LogP contribution in [0.15, 0.2) is 54.6 Å². The Morgan fingerprint density at radius 2 is 1.72 bits per heavy atom. The number of phenolic OH excluding ortho intramolecular Hbond substituents is 1. The summed E-state index contributed by atoms with van der Waals surface area (Å²) in [5.74, 6) is -0.267. The summed E-state index contributed by atoms with van der Waals surface area (Å²) in [6.45, 7) is 1.61. The van der Waals surface area contributed by atoms with Crippen molar-refractivity contribution in [2.45, 2.75) is 25.5 Å². The summed E-state index contributed by atoms with van der Waals surface area (Å²) in [5, 5.41) is 12.0. The molecule has 6 heteroatoms. The van der Waals surface area contributed by atoms with E-state index in [1.54, 1.807) is 31.2 Å². The van der Waals surface area contributed by atoms with Crippen LogP contribution in [0.1, 0.15) is 12.5 Å². The van der Waals surface area contributed by atoms with Gasteiger partial charge in [-0.3, -0.25) is 4.79 Å². The Kier molecular flexibility index (Phi) is 6.39. The molecule has 0 aromatic heterocycles. The Balaban J connectivity index is 2.01. The number of para-hydroxylation sites is 1. The maximum Gasteiger partial charge on any atom is 0.328 e. The molecule has 2 aromatic carbocycles. The molecule has 0 unspecified atom stereocenters. The van der Waals surface area contributed by atoms with E-state index < -0.39 is 24.0 Å². The molecule has 0 radical (unpaired) electrons. The van der Waals surface area contributed by atoms with Crippen molar-refractivity contribution >= 4 is 11.9 Å². The second kappa shape index (κ2) is 8.73. The first-order chi connectivity index (χ1) is 12.0. The van der Waals surface area contributed by atoms with Crippen LogP contribution >= 0.6 is 0 Å². The van der Waals surface area contributed by atoms with Crippen LogP contribution in [0.4, 0.5) is 0 Å². The fourth-order valence-electron chi connectivity index (χ4n) is 2.25. The van der Waals surface area contributed by atoms with Crippen LogP contribution in [0.2, 0.25) is 0 Å². The Bertz CT molecular complexity index is 700. The van der Waals surface area contributed by atoms with Gasteiger partial charge in [-0.2, -0.15) is 0 Å². The van der Waals surface area contributed by atoms with Crippen molar-refractivity contribution in [3.8, 4) is 11.5 Å². The lowest BCUT2D eigenvalue weighted by atomic mass is 10.1. The third kappa shape index (κ3) is 5.53. The van der Waals surface area contributed by atoms with Crippen molar-refractivity contribution in [3.05, 3.63) is 60.2 Å². The summed E-state index contributed by atoms with van der Waals surface area (Å²) >= 11 is 0. The van der Waals surface area contributed by atoms with Gasteiger partial charge in [0.15, 0.2) is 6.10 Å². The van der Waals surface area contributed by atoms with Crippen LogP contribution < -0.4 is 10.1 Å². The van der Waals surface area contributed by atoms with Gasteiger partial charge >= 0.3 is 5.97 Å². The highest BCUT2D eigenvalue weighted by Crippen LogP contribution is 2.13. The summed E-state index contributed by atoms with van der Waals surface area (Å²) in [6, 6.07) is 14.5. The van der Waals surface area contributed by atoms with Crippen LogP contribution in [0.5, 0.6) is 11.5 Å². The topological polar surface area (TPSA) is 84.9 Å². The first kappa shape index (κ1) is 18.3. The van der Waals surface area contributed by atoms with Crippen LogP contribution in [0, 0.1) is 0 Å². The number of amides is 1. The zero-order chi connectivity index (χ0) is 18.2. The summed E-state index contributed by atoms with van der Waals surface area (Å²) in [6.07, 6.45) is -0.522. The lowest BCUT2D eigenvalue weighted by molar-refractivity contribution is -0.145. The molecule has 2 atom stereocenters. The van der Waals surface area contributed by atoms with E-state index in [4.69, 9.17) is 9.47 Å². The number of methoxy groups -OCH3 is 1. The van der Waals surface area contributed by atoms with E-state index in [9.17, 15) is 14.7 Å². The molecule has 0 aliphatic carbocycles. The van der Waals surface area contributed by atoms with Crippen LogP contribution in [-0.2, 0) is 20.7 Å². The SMILES string of the molecule is COC(=O)[C@H](Cc1ccc(O)cc1)NC(=O)[C@@H](C)Oc1ccccc1. The molecule has 0 saturated heterocycles. The zero-order valence-electron chi connectivity index (χ0n) is 14.1. The third-order valence-corrected chi connectivity index (χ3v) is 3.60. The highest BCUT2D eigenvalue weighted by molar-refractivity contribution is 5.87. The maximum atomic E-state index is 12.3. The summed E-state index contributed by atoms with van der Waals surface area (Å²) in [4.78, 5) is 24.3. The lowest BCUT2D eigenvalue weighted by Crippen LogP contribution is -2.47. The molecule has 0 saturated carbocycles. The van der Waals surface area contributed by atoms with E-state index in [-0.39, 0.29) is 12.2 Å². The van der Waals surface area contributed by atoms with Crippen molar-refractivity contribution in [1.82, 2.24) is 5.32 Å². The Morgan fingerprint density at radius 3 is 2.32 bits per heavy atom. The molecule has 2 aromatic rings. The van der Waals surface area contributed by atoms with E-state index in [0.29, 0.717) is 5.75 Å². The minimum Gasteiger partial charge on any atom is -0.508 e. The second-order valence-corrected chi connectivity index (χ2v) is 5.53. The van der Waals surface area contributed by atoms with Crippen molar-refractivity contribution in [2.24, 2.45) is 0 Å². The van der Waals surface area contributed by atoms with Crippen molar-refractivity contribution in [1.29, 1.82) is 0 Å². The fourth-order valence-corrected chi connectivity index (χ4v) is 2.25. The number of ether oxygens (including phenoxy) is 2. The summed E-state index contributed by atoms with van der Waals surface area (Å²) in [5.41, 5.74) is 0.783. The van der Waals surface area contributed by atoms with Gasteiger partial charge in [-0.05, 0) is 36.8 Å². The number of aromatic hydroxyl groups is 1. The number of carbonyl (C=O) groups is 2. The number of benzene rings is 2. The first-order valence-corrected chi connectivity index (χ1v) is 7.87. The van der Waals surface area contributed by atoms with Gasteiger partial charge < -0.3 is 19.9 Å². The van der Waals surface area contributed by atoms with E-state index in [0.717, 1.165) is 5.56 Å². The molecule has 132 valence electrons. The van der Waals surface area contributed by atoms with Gasteiger partial charge in [0, 0.05) is 6.42 Å². The van der Waals surface area contributed by atoms with Crippen molar-refractivity contribution in [3.63, 3.8) is 0 Å². The first-order valence-electron chi connectivity index (χ1n) is 7.87. The predicted octanol–water partition coefficient (Wildman–Crippen LogP) is 2.06. The molecule has 25 heavy (non-hydrogen) atoms. The Labute approximate surface area is 146 Å². The van der Waals surface area contributed by atoms with Gasteiger partial charge in [0.25, 0.3) is 5.91 Å². The molecular weight excluding hydrogens is 322 g/mol. The van der Waals surface area contributed by atoms with E-state index >= 15 is 0 Å². The normalized spacial score (nSPS) is 12.7. The van der Waals surface area contributed by atoms with Crippen LogP contribution in [-0.4, -0.2) is 36.2 Å². The zero-order valence-corrected chi connectivity index (χ0v) is 14.1. The average Bonchev–Trinajstić information content (AvgIpc) is 2.63. The number of carbonyl (C=O) groups excluding carboxylic acids is 2. The standard InChI is InChI=1S/C19H21NO5/c1-13(25-16-6-4-3-5-7-16)18(22)20-17(19(23)24-2)12-14-8-10-15(21)11-9-14/h3-11,13,17,21H,12H2,1-2H3,(H,20,22)/t13-,17+/m1/s1. The van der Waals surface area contributed by atoms with Crippen LogP contribution in [0.25, 0.3) is 0 Å². The molecule has 0 aliphatic rings. The van der Waals surface area contributed by atoms with Crippen molar-refractivity contribution < 1.29 is 24.2 Å². The third-order valence-electron chi connectivity index (χ3n) is 3.60. The lowest BCUT2D eigenvalue weighted by Gasteiger charge is -2.20. The highest BCUT2D eigenvalue weighted by atomic mass is 16.5. The molecule has 6 nitrogen and oxygen atoms in total. The van der Waals surface area contributed by atoms with Gasteiger partial charge in [-0.25, -0.2) is 4.79 Å². The Hall–Kier alpha value is -3.02. The quantitative estimate of drug-likeness (QED) is 0.752. The van der Waals surface area contributed by atoms with Gasteiger partial charge in [0.05, 0.1) is 7.11 Å². The number of phenols is 1. The Morgan fingerprint density at radius 1 is 1.08 bits per heavy atom. The molecule has 0 bridgehead atoms. The molecule has 0 heterocycles. The van der Waals surface area contributed by atoms with Gasteiger partial charge in [0.2, 0.25) is 0 Å². The van der Waals surface area contributed by atoms with Gasteiger partial charge in [-0.1, -0.05) is 30.3 Å². The minimum absolute atomic E-state index is 0.132. The van der Waals surface area contributed by atoms with Crippen molar-refractivity contribution in [2.75, 3.05) is 7.11 Å². The van der Waals surface area contributed by atoms with Crippen LogP contribution in [0.3, 0.4) is 0 Å². The van der Waals surface area contributed by atoms with Gasteiger partial charge in [-0.15, -0.1) is 0 Å². The summed E-state index contributed by atoms with van der Waals surface area (Å²) in [7, 11) is 1.27. The highest BCUT2D eigenvalue weighted by Gasteiger charge is 2.25. The van der Waals surface area contributed by atoms with Gasteiger partial charge in [0.1, 0.15) is 17.5 Å². The fraction of sp³-hybridized carbons (Fsp3) is 0.263. The average molecular weight is 343 g/mol. The smallest absolute Gasteiger partial charge is 0.328 e. The molecule has 2 N–H and O–H groups in total. The monoisotopic (exact) mass is 343 g/mol. The number of rotatable bonds is 7. The second-order valence-electron chi connectivity index (χ2n) is 5.53. The maximum absolute atomic E-state index is 12.3. The summed E-state index contributed by atoms with van der Waals surface area (Å²) < 4.78 is 10.3. The largest absolute Gasteiger partial charge is 0.508 e.